The number of carbonyl (C=O) groups excluding carboxylic acids is 1. The van der Waals surface area contributed by atoms with Crippen molar-refractivity contribution >= 4 is 5.97 Å². The van der Waals surface area contributed by atoms with E-state index in [4.69, 9.17) is 0 Å². The van der Waals surface area contributed by atoms with E-state index in [0.29, 0.717) is 0 Å². The van der Waals surface area contributed by atoms with E-state index in [9.17, 15) is 23.1 Å². The van der Waals surface area contributed by atoms with E-state index >= 15 is 0 Å². The lowest BCUT2D eigenvalue weighted by atomic mass is 10.0. The first kappa shape index (κ1) is 13.3. The molecular weight excluding hydrogens is 239 g/mol. The van der Waals surface area contributed by atoms with Gasteiger partial charge in [-0.25, -0.2) is 0 Å². The fourth-order valence-corrected chi connectivity index (χ4v) is 1.35. The van der Waals surface area contributed by atoms with Crippen molar-refractivity contribution in [3.8, 4) is 5.75 Å². The zero-order chi connectivity index (χ0) is 13.1. The lowest BCUT2D eigenvalue weighted by Gasteiger charge is -2.16. The molecule has 0 aliphatic heterocycles. The van der Waals surface area contributed by atoms with E-state index in [1.807, 2.05) is 0 Å². The molecule has 0 radical (unpaired) electrons. The van der Waals surface area contributed by atoms with Crippen molar-refractivity contribution in [2.45, 2.75) is 18.8 Å². The molecule has 3 N–H and O–H groups in total. The molecule has 0 saturated heterocycles. The van der Waals surface area contributed by atoms with Crippen LogP contribution in [0, 0.1) is 0 Å². The molecule has 0 aliphatic rings. The number of aliphatic carboxylic acids is 1. The molecule has 7 heteroatoms. The molecule has 0 bridgehead atoms. The summed E-state index contributed by atoms with van der Waals surface area (Å²) in [5.41, 5.74) is 3.55. The van der Waals surface area contributed by atoms with Gasteiger partial charge in [0, 0.05) is 12.4 Å². The van der Waals surface area contributed by atoms with Gasteiger partial charge in [0.2, 0.25) is 0 Å². The molecule has 17 heavy (non-hydrogen) atoms. The maximum atomic E-state index is 12.1. The molecule has 1 aromatic carbocycles. The third-order valence-corrected chi connectivity index (χ3v) is 2.00. The molecule has 0 saturated carbocycles. The van der Waals surface area contributed by atoms with E-state index in [0.717, 1.165) is 6.07 Å². The predicted octanol–water partition coefficient (Wildman–Crippen LogP) is 0.00820. The highest BCUT2D eigenvalue weighted by atomic mass is 19.4. The fourth-order valence-electron chi connectivity index (χ4n) is 1.35. The molecule has 1 atom stereocenters. The van der Waals surface area contributed by atoms with E-state index in [-0.39, 0.29) is 5.56 Å². The van der Waals surface area contributed by atoms with Crippen molar-refractivity contribution in [2.24, 2.45) is 0 Å². The summed E-state index contributed by atoms with van der Waals surface area (Å²) < 4.78 is 40.0. The highest BCUT2D eigenvalue weighted by molar-refractivity contribution is 5.65. The Labute approximate surface area is 94.8 Å². The van der Waals surface area contributed by atoms with Crippen LogP contribution in [0.1, 0.15) is 18.0 Å². The number of benzene rings is 1. The van der Waals surface area contributed by atoms with Crippen LogP contribution in [0.15, 0.2) is 24.3 Å². The number of hydrogen-bond acceptors (Lipinski definition) is 3. The van der Waals surface area contributed by atoms with Crippen LogP contribution in [0.3, 0.4) is 0 Å². The van der Waals surface area contributed by atoms with Gasteiger partial charge in [-0.3, -0.25) is 0 Å². The average Bonchev–Trinajstić information content (AvgIpc) is 2.14. The third-order valence-electron chi connectivity index (χ3n) is 2.00. The van der Waals surface area contributed by atoms with Gasteiger partial charge in [0.15, 0.2) is 0 Å². The van der Waals surface area contributed by atoms with Crippen LogP contribution >= 0.6 is 0 Å². The van der Waals surface area contributed by atoms with Crippen molar-refractivity contribution in [2.75, 3.05) is 0 Å². The lowest BCUT2D eigenvalue weighted by Crippen LogP contribution is -2.55. The van der Waals surface area contributed by atoms with Crippen molar-refractivity contribution in [3.63, 3.8) is 0 Å². The predicted molar refractivity (Wildman–Crippen MR) is 48.4 cm³/mol. The summed E-state index contributed by atoms with van der Waals surface area (Å²) in [6, 6.07) is 4.42. The van der Waals surface area contributed by atoms with E-state index in [1.165, 1.54) is 18.2 Å². The molecule has 94 valence electrons. The Bertz CT molecular complexity index is 406. The Hall–Kier alpha value is -1.76. The summed E-state index contributed by atoms with van der Waals surface area (Å²) in [6.45, 7) is 0. The van der Waals surface area contributed by atoms with E-state index in [1.54, 1.807) is 0 Å². The summed E-state index contributed by atoms with van der Waals surface area (Å²) in [5, 5.41) is 10.4. The van der Waals surface area contributed by atoms with E-state index in [2.05, 4.69) is 10.5 Å². The number of carboxylic acids is 1. The van der Waals surface area contributed by atoms with Gasteiger partial charge in [-0.05, 0) is 12.1 Å². The maximum Gasteiger partial charge on any atom is 0.573 e. The van der Waals surface area contributed by atoms with Crippen LogP contribution < -0.4 is 15.6 Å². The van der Waals surface area contributed by atoms with Gasteiger partial charge < -0.3 is 20.4 Å². The number of para-hydroxylation sites is 1. The summed E-state index contributed by atoms with van der Waals surface area (Å²) in [4.78, 5) is 10.4. The summed E-state index contributed by atoms with van der Waals surface area (Å²) >= 11 is 0. The SMILES string of the molecule is [NH3+][C@@H](CC(=O)[O-])c1ccccc1OC(F)(F)F. The smallest absolute Gasteiger partial charge is 0.550 e. The summed E-state index contributed by atoms with van der Waals surface area (Å²) in [7, 11) is 0. The molecule has 0 heterocycles. The second kappa shape index (κ2) is 5.05. The monoisotopic (exact) mass is 249 g/mol. The van der Waals surface area contributed by atoms with Crippen molar-refractivity contribution in [1.82, 2.24) is 0 Å². The Morgan fingerprint density at radius 1 is 1.41 bits per heavy atom. The number of alkyl halides is 3. The maximum absolute atomic E-state index is 12.1. The number of quaternary nitrogens is 1. The first-order valence-corrected chi connectivity index (χ1v) is 4.67. The van der Waals surface area contributed by atoms with Gasteiger partial charge in [-0.2, -0.15) is 0 Å². The van der Waals surface area contributed by atoms with Crippen molar-refractivity contribution in [1.29, 1.82) is 0 Å². The van der Waals surface area contributed by atoms with Crippen molar-refractivity contribution in [3.05, 3.63) is 29.8 Å². The zero-order valence-corrected chi connectivity index (χ0v) is 8.66. The third kappa shape index (κ3) is 4.31. The van der Waals surface area contributed by atoms with Gasteiger partial charge in [0.1, 0.15) is 11.8 Å². The number of halogens is 3. The summed E-state index contributed by atoms with van der Waals surface area (Å²) in [5.74, 6) is -1.83. The number of rotatable bonds is 4. The molecule has 0 unspecified atom stereocenters. The number of carboxylic acid groups (broad SMARTS) is 1. The van der Waals surface area contributed by atoms with Gasteiger partial charge in [-0.1, -0.05) is 12.1 Å². The van der Waals surface area contributed by atoms with Crippen LogP contribution in [0.5, 0.6) is 5.75 Å². The second-order valence-electron chi connectivity index (χ2n) is 3.36. The fraction of sp³-hybridized carbons (Fsp3) is 0.300. The molecule has 1 aromatic rings. The largest absolute Gasteiger partial charge is 0.573 e. The lowest BCUT2D eigenvalue weighted by molar-refractivity contribution is -0.431. The van der Waals surface area contributed by atoms with Gasteiger partial charge in [0.05, 0.1) is 5.56 Å². The van der Waals surface area contributed by atoms with Crippen LogP contribution in [0.2, 0.25) is 0 Å². The quantitative estimate of drug-likeness (QED) is 0.816. The van der Waals surface area contributed by atoms with Crippen LogP contribution in [0.4, 0.5) is 13.2 Å². The molecule has 0 fully saturated rings. The minimum atomic E-state index is -4.82. The molecular formula is C10H10F3NO3. The number of carbonyl (C=O) groups is 1. The van der Waals surface area contributed by atoms with Crippen LogP contribution in [-0.4, -0.2) is 12.3 Å². The molecule has 0 aromatic heterocycles. The molecule has 1 rings (SSSR count). The summed E-state index contributed by atoms with van der Waals surface area (Å²) in [6.07, 6.45) is -5.30. The second-order valence-corrected chi connectivity index (χ2v) is 3.36. The normalized spacial score (nSPS) is 13.2. The zero-order valence-electron chi connectivity index (χ0n) is 8.66. The first-order valence-electron chi connectivity index (χ1n) is 4.67. The Balaban J connectivity index is 2.95. The Kier molecular flexibility index (Phi) is 3.95. The standard InChI is InChI=1S/C10H10F3NO3/c11-10(12,13)17-8-4-2-1-3-6(8)7(14)5-9(15)16/h1-4,7H,5,14H2,(H,15,16)/t7-/m0/s1. The minimum absolute atomic E-state index is 0.0778. The highest BCUT2D eigenvalue weighted by Gasteiger charge is 2.33. The topological polar surface area (TPSA) is 77.0 Å². The molecule has 0 spiro atoms. The Morgan fingerprint density at radius 3 is 2.53 bits per heavy atom. The molecule has 4 nitrogen and oxygen atoms in total. The molecule has 0 amide bonds. The molecule has 0 aliphatic carbocycles. The number of hydrogen-bond donors (Lipinski definition) is 1. The van der Waals surface area contributed by atoms with Crippen molar-refractivity contribution < 1.29 is 33.5 Å². The van der Waals surface area contributed by atoms with Crippen LogP contribution in [-0.2, 0) is 4.79 Å². The van der Waals surface area contributed by atoms with E-state index < -0.39 is 30.5 Å². The minimum Gasteiger partial charge on any atom is -0.550 e. The van der Waals surface area contributed by atoms with Crippen LogP contribution in [0.25, 0.3) is 0 Å². The Morgan fingerprint density at radius 2 is 2.00 bits per heavy atom. The first-order chi connectivity index (χ1) is 7.79. The van der Waals surface area contributed by atoms with Gasteiger partial charge in [0.25, 0.3) is 0 Å². The van der Waals surface area contributed by atoms with Gasteiger partial charge in [-0.15, -0.1) is 13.2 Å². The highest BCUT2D eigenvalue weighted by Crippen LogP contribution is 2.29. The number of ether oxygens (including phenoxy) is 1. The average molecular weight is 249 g/mol. The van der Waals surface area contributed by atoms with Gasteiger partial charge >= 0.3 is 6.36 Å².